The van der Waals surface area contributed by atoms with Gasteiger partial charge in [-0.3, -0.25) is 0 Å². The SMILES string of the molecule is C[Si](C)(C)C#Cc1cccc(CO)c1. The molecule has 0 aliphatic rings. The first kappa shape index (κ1) is 11.0. The highest BCUT2D eigenvalue weighted by Gasteiger charge is 2.07. The van der Waals surface area contributed by atoms with Crippen LogP contribution < -0.4 is 0 Å². The van der Waals surface area contributed by atoms with E-state index in [4.69, 9.17) is 5.11 Å². The first-order chi connectivity index (χ1) is 6.51. The van der Waals surface area contributed by atoms with Crippen molar-refractivity contribution in [3.8, 4) is 11.5 Å². The van der Waals surface area contributed by atoms with Crippen molar-refractivity contribution >= 4 is 8.07 Å². The highest BCUT2D eigenvalue weighted by Crippen LogP contribution is 2.04. The van der Waals surface area contributed by atoms with Crippen molar-refractivity contribution in [3.63, 3.8) is 0 Å². The zero-order valence-corrected chi connectivity index (χ0v) is 9.96. The minimum Gasteiger partial charge on any atom is -0.392 e. The second kappa shape index (κ2) is 4.45. The molecule has 0 fully saturated rings. The predicted molar refractivity (Wildman–Crippen MR) is 62.6 cm³/mol. The average molecular weight is 204 g/mol. The summed E-state index contributed by atoms with van der Waals surface area (Å²) in [5, 5.41) is 8.95. The molecule has 14 heavy (non-hydrogen) atoms. The zero-order chi connectivity index (χ0) is 10.6. The lowest BCUT2D eigenvalue weighted by Gasteiger charge is -2.03. The van der Waals surface area contributed by atoms with Gasteiger partial charge in [-0.15, -0.1) is 5.54 Å². The number of hydrogen-bond donors (Lipinski definition) is 1. The standard InChI is InChI=1S/C12H16OSi/c1-14(2,3)8-7-11-5-4-6-12(9-11)10-13/h4-6,9,13H,10H2,1-3H3. The van der Waals surface area contributed by atoms with Crippen LogP contribution in [-0.4, -0.2) is 13.2 Å². The molecule has 0 atom stereocenters. The van der Waals surface area contributed by atoms with Crippen LogP contribution in [-0.2, 0) is 6.61 Å². The first-order valence-corrected chi connectivity index (χ1v) is 8.24. The normalized spacial score (nSPS) is 10.6. The Bertz CT molecular complexity index is 366. The predicted octanol–water partition coefficient (Wildman–Crippen LogP) is 2.41. The number of aliphatic hydroxyl groups excluding tert-OH is 1. The van der Waals surface area contributed by atoms with Gasteiger partial charge in [-0.25, -0.2) is 0 Å². The van der Waals surface area contributed by atoms with Crippen LogP contribution >= 0.6 is 0 Å². The summed E-state index contributed by atoms with van der Waals surface area (Å²) in [5.41, 5.74) is 5.22. The molecule has 1 N–H and O–H groups in total. The second-order valence-corrected chi connectivity index (χ2v) is 9.11. The van der Waals surface area contributed by atoms with Gasteiger partial charge in [-0.1, -0.05) is 37.7 Å². The Morgan fingerprint density at radius 2 is 2.00 bits per heavy atom. The summed E-state index contributed by atoms with van der Waals surface area (Å²) < 4.78 is 0. The molecule has 0 amide bonds. The monoisotopic (exact) mass is 204 g/mol. The quantitative estimate of drug-likeness (QED) is 0.550. The van der Waals surface area contributed by atoms with E-state index in [0.717, 1.165) is 11.1 Å². The topological polar surface area (TPSA) is 20.2 Å². The van der Waals surface area contributed by atoms with E-state index >= 15 is 0 Å². The van der Waals surface area contributed by atoms with Gasteiger partial charge in [-0.2, -0.15) is 0 Å². The minimum absolute atomic E-state index is 0.0858. The lowest BCUT2D eigenvalue weighted by Crippen LogP contribution is -2.16. The molecule has 0 aromatic heterocycles. The molecule has 0 aliphatic heterocycles. The van der Waals surface area contributed by atoms with Crippen LogP contribution in [0.3, 0.4) is 0 Å². The molecule has 0 aliphatic carbocycles. The maximum Gasteiger partial charge on any atom is 0.129 e. The van der Waals surface area contributed by atoms with E-state index in [1.165, 1.54) is 0 Å². The van der Waals surface area contributed by atoms with Crippen molar-refractivity contribution in [2.24, 2.45) is 0 Å². The molecule has 0 bridgehead atoms. The Morgan fingerprint density at radius 3 is 2.57 bits per heavy atom. The molecular weight excluding hydrogens is 188 g/mol. The van der Waals surface area contributed by atoms with Gasteiger partial charge in [0, 0.05) is 5.56 Å². The summed E-state index contributed by atoms with van der Waals surface area (Å²) in [6.07, 6.45) is 0. The molecule has 1 aromatic carbocycles. The maximum absolute atomic E-state index is 8.95. The lowest BCUT2D eigenvalue weighted by molar-refractivity contribution is 0.282. The largest absolute Gasteiger partial charge is 0.392 e. The summed E-state index contributed by atoms with van der Waals surface area (Å²) in [6, 6.07) is 7.75. The summed E-state index contributed by atoms with van der Waals surface area (Å²) in [7, 11) is -1.29. The van der Waals surface area contributed by atoms with Gasteiger partial charge < -0.3 is 5.11 Å². The molecular formula is C12H16OSi. The van der Waals surface area contributed by atoms with Gasteiger partial charge in [0.1, 0.15) is 8.07 Å². The summed E-state index contributed by atoms with van der Waals surface area (Å²) >= 11 is 0. The third-order valence-electron chi connectivity index (χ3n) is 1.69. The molecule has 0 saturated heterocycles. The van der Waals surface area contributed by atoms with Crippen molar-refractivity contribution in [2.75, 3.05) is 0 Å². The van der Waals surface area contributed by atoms with E-state index in [2.05, 4.69) is 31.1 Å². The Labute approximate surface area is 86.8 Å². The van der Waals surface area contributed by atoms with Crippen LogP contribution in [0.25, 0.3) is 0 Å². The number of aliphatic hydroxyl groups is 1. The van der Waals surface area contributed by atoms with Crippen LogP contribution in [0.5, 0.6) is 0 Å². The molecule has 1 nitrogen and oxygen atoms in total. The van der Waals surface area contributed by atoms with Crippen LogP contribution in [0.1, 0.15) is 11.1 Å². The smallest absolute Gasteiger partial charge is 0.129 e. The third kappa shape index (κ3) is 3.78. The summed E-state index contributed by atoms with van der Waals surface area (Å²) in [6.45, 7) is 6.74. The summed E-state index contributed by atoms with van der Waals surface area (Å²) in [5.74, 6) is 3.16. The highest BCUT2D eigenvalue weighted by molar-refractivity contribution is 6.83. The van der Waals surface area contributed by atoms with Crippen molar-refractivity contribution in [3.05, 3.63) is 35.4 Å². The Balaban J connectivity index is 2.90. The van der Waals surface area contributed by atoms with Gasteiger partial charge in [0.2, 0.25) is 0 Å². The van der Waals surface area contributed by atoms with E-state index in [1.807, 2.05) is 24.3 Å². The fraction of sp³-hybridized carbons (Fsp3) is 0.333. The summed E-state index contributed by atoms with van der Waals surface area (Å²) in [4.78, 5) is 0. The zero-order valence-electron chi connectivity index (χ0n) is 8.96. The Kier molecular flexibility index (Phi) is 3.51. The Hall–Kier alpha value is -1.04. The van der Waals surface area contributed by atoms with E-state index in [-0.39, 0.29) is 6.61 Å². The van der Waals surface area contributed by atoms with Crippen LogP contribution in [0.2, 0.25) is 19.6 Å². The van der Waals surface area contributed by atoms with Gasteiger partial charge in [0.25, 0.3) is 0 Å². The molecule has 0 unspecified atom stereocenters. The number of hydrogen-bond acceptors (Lipinski definition) is 1. The second-order valence-electron chi connectivity index (χ2n) is 4.36. The van der Waals surface area contributed by atoms with Gasteiger partial charge in [0.05, 0.1) is 6.61 Å². The number of rotatable bonds is 1. The Morgan fingerprint density at radius 1 is 1.29 bits per heavy atom. The molecule has 0 heterocycles. The molecule has 0 radical (unpaired) electrons. The number of benzene rings is 1. The van der Waals surface area contributed by atoms with E-state index in [9.17, 15) is 0 Å². The fourth-order valence-electron chi connectivity index (χ4n) is 1.01. The molecule has 0 spiro atoms. The molecule has 1 aromatic rings. The van der Waals surface area contributed by atoms with E-state index in [1.54, 1.807) is 0 Å². The third-order valence-corrected chi connectivity index (χ3v) is 2.57. The fourth-order valence-corrected chi connectivity index (χ4v) is 1.53. The van der Waals surface area contributed by atoms with Crippen molar-refractivity contribution in [1.29, 1.82) is 0 Å². The van der Waals surface area contributed by atoms with Crippen LogP contribution in [0.15, 0.2) is 24.3 Å². The van der Waals surface area contributed by atoms with Crippen LogP contribution in [0, 0.1) is 11.5 Å². The molecule has 0 saturated carbocycles. The van der Waals surface area contributed by atoms with E-state index in [0.29, 0.717) is 0 Å². The highest BCUT2D eigenvalue weighted by atomic mass is 28.3. The van der Waals surface area contributed by atoms with Crippen LogP contribution in [0.4, 0.5) is 0 Å². The van der Waals surface area contributed by atoms with Gasteiger partial charge in [0.15, 0.2) is 0 Å². The molecule has 1 rings (SSSR count). The van der Waals surface area contributed by atoms with Gasteiger partial charge in [-0.05, 0) is 17.7 Å². The van der Waals surface area contributed by atoms with Gasteiger partial charge >= 0.3 is 0 Å². The van der Waals surface area contributed by atoms with Crippen molar-refractivity contribution in [1.82, 2.24) is 0 Å². The average Bonchev–Trinajstić information content (AvgIpc) is 2.14. The van der Waals surface area contributed by atoms with Crippen molar-refractivity contribution < 1.29 is 5.11 Å². The molecule has 74 valence electrons. The lowest BCUT2D eigenvalue weighted by atomic mass is 10.1. The van der Waals surface area contributed by atoms with Crippen molar-refractivity contribution in [2.45, 2.75) is 26.2 Å². The first-order valence-electron chi connectivity index (χ1n) is 4.74. The molecule has 2 heteroatoms. The maximum atomic E-state index is 8.95. The van der Waals surface area contributed by atoms with E-state index < -0.39 is 8.07 Å². The minimum atomic E-state index is -1.29.